The molecule has 2 aromatic carbocycles. The van der Waals surface area contributed by atoms with Crippen LogP contribution in [0.3, 0.4) is 0 Å². The van der Waals surface area contributed by atoms with Gasteiger partial charge in [0.2, 0.25) is 0 Å². The lowest BCUT2D eigenvalue weighted by Crippen LogP contribution is -2.48. The van der Waals surface area contributed by atoms with Crippen molar-refractivity contribution in [2.45, 2.75) is 13.8 Å². The third-order valence-electron chi connectivity index (χ3n) is 5.01. The molecule has 0 saturated carbocycles. The summed E-state index contributed by atoms with van der Waals surface area (Å²) >= 11 is 0. The van der Waals surface area contributed by atoms with Crippen molar-refractivity contribution < 1.29 is 4.39 Å². The van der Waals surface area contributed by atoms with Crippen molar-refractivity contribution >= 4 is 22.9 Å². The number of nitrogens with one attached hydrogen (secondary N) is 1. The highest BCUT2D eigenvalue weighted by atomic mass is 19.1. The second-order valence-electron chi connectivity index (χ2n) is 6.66. The van der Waals surface area contributed by atoms with Crippen LogP contribution in [0, 0.1) is 12.7 Å². The maximum absolute atomic E-state index is 14.5. The first-order valence-corrected chi connectivity index (χ1v) is 8.88. The number of aryl methyl sites for hydroxylation is 1. The number of rotatable bonds is 1. The Hall–Kier alpha value is -2.40. The van der Waals surface area contributed by atoms with E-state index >= 15 is 0 Å². The van der Waals surface area contributed by atoms with E-state index in [2.05, 4.69) is 28.1 Å². The Kier molecular flexibility index (Phi) is 4.17. The van der Waals surface area contributed by atoms with E-state index in [0.717, 1.165) is 61.1 Å². The zero-order chi connectivity index (χ0) is 17.4. The first-order valence-electron chi connectivity index (χ1n) is 8.88. The first-order chi connectivity index (χ1) is 12.2. The van der Waals surface area contributed by atoms with E-state index in [1.807, 2.05) is 25.1 Å². The Morgan fingerprint density at radius 2 is 1.92 bits per heavy atom. The lowest BCUT2D eigenvalue weighted by Gasteiger charge is -2.36. The molecule has 2 aromatic rings. The minimum Gasteiger partial charge on any atom is -0.353 e. The Balaban J connectivity index is 1.81. The lowest BCUT2D eigenvalue weighted by molar-refractivity contribution is 0.190. The number of para-hydroxylation sites is 1. The number of benzene rings is 2. The molecule has 0 aromatic heterocycles. The molecule has 0 bridgehead atoms. The number of nitrogens with zero attached hydrogens (tertiary/aromatic N) is 3. The van der Waals surface area contributed by atoms with E-state index in [9.17, 15) is 4.39 Å². The maximum atomic E-state index is 14.5. The van der Waals surface area contributed by atoms with Crippen molar-refractivity contribution in [3.05, 3.63) is 53.3 Å². The van der Waals surface area contributed by atoms with Gasteiger partial charge in [-0.05, 0) is 43.3 Å². The molecule has 2 aliphatic rings. The van der Waals surface area contributed by atoms with Crippen molar-refractivity contribution in [2.75, 3.05) is 38.0 Å². The monoisotopic (exact) mass is 338 g/mol. The fourth-order valence-corrected chi connectivity index (χ4v) is 3.50. The molecule has 2 aliphatic heterocycles. The number of amidine groups is 1. The molecule has 25 heavy (non-hydrogen) atoms. The fraction of sp³-hybridized carbons (Fsp3) is 0.350. The van der Waals surface area contributed by atoms with Crippen LogP contribution >= 0.6 is 0 Å². The Bertz CT molecular complexity index is 822. The van der Waals surface area contributed by atoms with Crippen LogP contribution in [-0.4, -0.2) is 48.4 Å². The van der Waals surface area contributed by atoms with Gasteiger partial charge in [0.25, 0.3) is 0 Å². The lowest BCUT2D eigenvalue weighted by atomic mass is 10.1. The maximum Gasteiger partial charge on any atom is 0.147 e. The van der Waals surface area contributed by atoms with Crippen molar-refractivity contribution in [3.8, 4) is 0 Å². The van der Waals surface area contributed by atoms with Gasteiger partial charge in [-0.25, -0.2) is 9.38 Å². The first kappa shape index (κ1) is 16.1. The van der Waals surface area contributed by atoms with Gasteiger partial charge in [0.05, 0.1) is 17.1 Å². The Labute approximate surface area is 148 Å². The quantitative estimate of drug-likeness (QED) is 0.855. The van der Waals surface area contributed by atoms with Gasteiger partial charge in [-0.2, -0.15) is 0 Å². The molecule has 0 aliphatic carbocycles. The summed E-state index contributed by atoms with van der Waals surface area (Å²) < 4.78 is 14.5. The molecular weight excluding hydrogens is 315 g/mol. The predicted octanol–water partition coefficient (Wildman–Crippen LogP) is 3.91. The number of hydrogen-bond acceptors (Lipinski definition) is 4. The summed E-state index contributed by atoms with van der Waals surface area (Å²) in [4.78, 5) is 9.66. The van der Waals surface area contributed by atoms with E-state index in [4.69, 9.17) is 4.99 Å². The number of fused-ring (bicyclic) bond motifs is 2. The van der Waals surface area contributed by atoms with Crippen LogP contribution in [0.5, 0.6) is 0 Å². The Morgan fingerprint density at radius 1 is 1.12 bits per heavy atom. The van der Waals surface area contributed by atoms with Crippen LogP contribution in [-0.2, 0) is 0 Å². The van der Waals surface area contributed by atoms with E-state index in [1.165, 1.54) is 6.07 Å². The van der Waals surface area contributed by atoms with Crippen LogP contribution in [0.25, 0.3) is 0 Å². The molecule has 1 saturated heterocycles. The highest BCUT2D eigenvalue weighted by molar-refractivity contribution is 6.07. The average molecular weight is 338 g/mol. The van der Waals surface area contributed by atoms with Crippen molar-refractivity contribution in [1.82, 2.24) is 9.80 Å². The predicted molar refractivity (Wildman–Crippen MR) is 101 cm³/mol. The van der Waals surface area contributed by atoms with Crippen LogP contribution in [0.2, 0.25) is 0 Å². The Morgan fingerprint density at radius 3 is 2.68 bits per heavy atom. The molecular formula is C20H23FN4. The van der Waals surface area contributed by atoms with Gasteiger partial charge in [-0.1, -0.05) is 19.1 Å². The van der Waals surface area contributed by atoms with E-state index in [1.54, 1.807) is 6.07 Å². The number of aliphatic imine (C=N–C) groups is 1. The standard InChI is InChI=1S/C20H23FN4/c1-3-24-9-11-25(12-10-24)20-15-5-4-6-16(21)19(15)22-17-8-7-14(2)13-18(17)23-20/h4-8,13,22H,3,9-12H2,1-2H3. The van der Waals surface area contributed by atoms with Gasteiger partial charge in [-0.15, -0.1) is 0 Å². The molecule has 2 heterocycles. The molecule has 130 valence electrons. The second-order valence-corrected chi connectivity index (χ2v) is 6.66. The summed E-state index contributed by atoms with van der Waals surface area (Å²) in [6.07, 6.45) is 0. The number of hydrogen-bond donors (Lipinski definition) is 1. The molecule has 4 rings (SSSR count). The highest BCUT2D eigenvalue weighted by Gasteiger charge is 2.25. The van der Waals surface area contributed by atoms with Crippen molar-refractivity contribution in [1.29, 1.82) is 0 Å². The van der Waals surface area contributed by atoms with Gasteiger partial charge < -0.3 is 15.1 Å². The molecule has 4 nitrogen and oxygen atoms in total. The average Bonchev–Trinajstić information content (AvgIpc) is 2.79. The van der Waals surface area contributed by atoms with Gasteiger partial charge in [0, 0.05) is 31.7 Å². The van der Waals surface area contributed by atoms with E-state index in [-0.39, 0.29) is 5.82 Å². The number of halogens is 1. The summed E-state index contributed by atoms with van der Waals surface area (Å²) in [7, 11) is 0. The second kappa shape index (κ2) is 6.48. The summed E-state index contributed by atoms with van der Waals surface area (Å²) in [6, 6.07) is 11.3. The van der Waals surface area contributed by atoms with Crippen LogP contribution in [0.1, 0.15) is 18.1 Å². The SMILES string of the molecule is CCN1CCN(C2=Nc3cc(C)ccc3Nc3c(F)cccc32)CC1. The molecule has 5 heteroatoms. The van der Waals surface area contributed by atoms with Gasteiger partial charge in [-0.3, -0.25) is 0 Å². The third kappa shape index (κ3) is 3.00. The largest absolute Gasteiger partial charge is 0.353 e. The number of likely N-dealkylation sites (N-methyl/N-ethyl adjacent to an activating group) is 1. The normalized spacial score (nSPS) is 17.2. The smallest absolute Gasteiger partial charge is 0.147 e. The molecule has 1 N–H and O–H groups in total. The number of piperazine rings is 1. The highest BCUT2D eigenvalue weighted by Crippen LogP contribution is 2.36. The minimum absolute atomic E-state index is 0.245. The minimum atomic E-state index is -0.245. The zero-order valence-corrected chi connectivity index (χ0v) is 14.7. The summed E-state index contributed by atoms with van der Waals surface area (Å²) in [5, 5.41) is 3.26. The van der Waals surface area contributed by atoms with Crippen LogP contribution in [0.4, 0.5) is 21.5 Å². The summed E-state index contributed by atoms with van der Waals surface area (Å²) in [5.41, 5.74) is 4.20. The molecule has 0 unspecified atom stereocenters. The van der Waals surface area contributed by atoms with Gasteiger partial charge in [0.1, 0.15) is 11.7 Å². The fourth-order valence-electron chi connectivity index (χ4n) is 3.50. The van der Waals surface area contributed by atoms with Crippen molar-refractivity contribution in [2.24, 2.45) is 4.99 Å². The molecule has 0 spiro atoms. The number of anilines is 2. The molecule has 0 atom stereocenters. The van der Waals surface area contributed by atoms with E-state index in [0.29, 0.717) is 5.69 Å². The summed E-state index contributed by atoms with van der Waals surface area (Å²) in [5.74, 6) is 0.618. The molecule has 0 amide bonds. The summed E-state index contributed by atoms with van der Waals surface area (Å²) in [6.45, 7) is 9.13. The van der Waals surface area contributed by atoms with Crippen LogP contribution < -0.4 is 5.32 Å². The zero-order valence-electron chi connectivity index (χ0n) is 14.7. The van der Waals surface area contributed by atoms with Crippen molar-refractivity contribution in [3.63, 3.8) is 0 Å². The van der Waals surface area contributed by atoms with Gasteiger partial charge >= 0.3 is 0 Å². The van der Waals surface area contributed by atoms with Gasteiger partial charge in [0.15, 0.2) is 0 Å². The molecule has 0 radical (unpaired) electrons. The topological polar surface area (TPSA) is 30.9 Å². The van der Waals surface area contributed by atoms with E-state index < -0.39 is 0 Å². The molecule has 1 fully saturated rings. The third-order valence-corrected chi connectivity index (χ3v) is 5.01. The van der Waals surface area contributed by atoms with Crippen LogP contribution in [0.15, 0.2) is 41.4 Å².